The van der Waals surface area contributed by atoms with Gasteiger partial charge in [-0.25, -0.2) is 0 Å². The topological polar surface area (TPSA) is 35.5 Å². The molecule has 3 nitrogen and oxygen atoms in total. The number of nitrogens with zero attached hydrogens (tertiary/aromatic N) is 1. The minimum absolute atomic E-state index is 0.292. The van der Waals surface area contributed by atoms with Crippen LogP contribution in [0, 0.1) is 5.92 Å². The molecule has 0 aliphatic carbocycles. The number of alkyl halides is 3. The highest BCUT2D eigenvalue weighted by molar-refractivity contribution is 5.33. The second kappa shape index (κ2) is 6.79. The quantitative estimate of drug-likeness (QED) is 0.896. The lowest BCUT2D eigenvalue weighted by Crippen LogP contribution is -2.38. The summed E-state index contributed by atoms with van der Waals surface area (Å²) in [6.07, 6.45) is -2.36. The maximum Gasteiger partial charge on any atom is 0.416 e. The Bertz CT molecular complexity index is 529. The van der Waals surface area contributed by atoms with Crippen LogP contribution in [-0.4, -0.2) is 42.3 Å². The van der Waals surface area contributed by atoms with Gasteiger partial charge in [0.05, 0.1) is 11.7 Å². The average molecular weight is 328 g/mol. The Morgan fingerprint density at radius 3 is 2.74 bits per heavy atom. The van der Waals surface area contributed by atoms with Gasteiger partial charge < -0.3 is 10.4 Å². The van der Waals surface area contributed by atoms with E-state index in [0.717, 1.165) is 38.5 Å². The van der Waals surface area contributed by atoms with Gasteiger partial charge in [0.15, 0.2) is 0 Å². The van der Waals surface area contributed by atoms with Crippen LogP contribution in [0.3, 0.4) is 0 Å². The highest BCUT2D eigenvalue weighted by Crippen LogP contribution is 2.40. The molecule has 2 N–H and O–H groups in total. The molecule has 6 heteroatoms. The van der Waals surface area contributed by atoms with E-state index < -0.39 is 17.8 Å². The van der Waals surface area contributed by atoms with Crippen molar-refractivity contribution in [2.24, 2.45) is 5.92 Å². The molecule has 23 heavy (non-hydrogen) atoms. The molecular formula is C17H23F3N2O. The van der Waals surface area contributed by atoms with Gasteiger partial charge in [-0.3, -0.25) is 4.90 Å². The van der Waals surface area contributed by atoms with Gasteiger partial charge in [0, 0.05) is 19.1 Å². The summed E-state index contributed by atoms with van der Waals surface area (Å²) in [5.74, 6) is 0.439. The van der Waals surface area contributed by atoms with Crippen molar-refractivity contribution < 1.29 is 18.3 Å². The molecule has 0 amide bonds. The molecule has 0 bridgehead atoms. The van der Waals surface area contributed by atoms with E-state index in [1.54, 1.807) is 12.1 Å². The van der Waals surface area contributed by atoms with E-state index in [9.17, 15) is 18.3 Å². The number of hydrogen-bond acceptors (Lipinski definition) is 3. The molecule has 0 radical (unpaired) electrons. The number of aliphatic hydroxyl groups is 1. The van der Waals surface area contributed by atoms with Gasteiger partial charge in [-0.2, -0.15) is 13.2 Å². The van der Waals surface area contributed by atoms with Crippen LogP contribution >= 0.6 is 0 Å². The Kier molecular flexibility index (Phi) is 4.94. The summed E-state index contributed by atoms with van der Waals surface area (Å²) in [5, 5.41) is 13.4. The smallest absolute Gasteiger partial charge is 0.392 e. The van der Waals surface area contributed by atoms with E-state index in [1.807, 2.05) is 4.90 Å². The Morgan fingerprint density at radius 2 is 2.04 bits per heavy atom. The van der Waals surface area contributed by atoms with Crippen molar-refractivity contribution in [2.45, 2.75) is 37.6 Å². The largest absolute Gasteiger partial charge is 0.416 e. The average Bonchev–Trinajstić information content (AvgIpc) is 2.88. The van der Waals surface area contributed by atoms with E-state index in [-0.39, 0.29) is 6.04 Å². The number of hydrogen-bond donors (Lipinski definition) is 2. The van der Waals surface area contributed by atoms with Crippen LogP contribution in [0.1, 0.15) is 36.4 Å². The summed E-state index contributed by atoms with van der Waals surface area (Å²) in [7, 11) is 0. The minimum atomic E-state index is -4.36. The van der Waals surface area contributed by atoms with E-state index in [4.69, 9.17) is 0 Å². The molecule has 2 aliphatic heterocycles. The SMILES string of the molecule is OC1CC(c2ccccc2C(F)(F)F)N(CC2CCCNC2)C1. The predicted octanol–water partition coefficient (Wildman–Crippen LogP) is 2.81. The number of nitrogens with one attached hydrogen (secondary N) is 1. The van der Waals surface area contributed by atoms with Crippen LogP contribution in [0.25, 0.3) is 0 Å². The molecule has 3 rings (SSSR count). The highest BCUT2D eigenvalue weighted by Gasteiger charge is 2.40. The molecular weight excluding hydrogens is 305 g/mol. The Balaban J connectivity index is 1.82. The number of rotatable bonds is 3. The maximum absolute atomic E-state index is 13.3. The normalized spacial score (nSPS) is 29.8. The number of piperidine rings is 1. The van der Waals surface area contributed by atoms with Crippen LogP contribution in [0.4, 0.5) is 13.2 Å². The van der Waals surface area contributed by atoms with E-state index in [0.29, 0.717) is 24.4 Å². The highest BCUT2D eigenvalue weighted by atomic mass is 19.4. The second-order valence-electron chi connectivity index (χ2n) is 6.66. The van der Waals surface area contributed by atoms with Crippen molar-refractivity contribution in [2.75, 3.05) is 26.2 Å². The lowest BCUT2D eigenvalue weighted by Gasteiger charge is -2.32. The third kappa shape index (κ3) is 3.87. The molecule has 1 aromatic carbocycles. The van der Waals surface area contributed by atoms with Crippen molar-refractivity contribution in [1.82, 2.24) is 10.2 Å². The van der Waals surface area contributed by atoms with Gasteiger partial charge in [0.2, 0.25) is 0 Å². The zero-order valence-corrected chi connectivity index (χ0v) is 13.0. The fourth-order valence-electron chi connectivity index (χ4n) is 3.86. The third-order valence-electron chi connectivity index (χ3n) is 4.90. The summed E-state index contributed by atoms with van der Waals surface area (Å²) in [5.41, 5.74) is -0.286. The van der Waals surface area contributed by atoms with Crippen molar-refractivity contribution in [3.63, 3.8) is 0 Å². The molecule has 0 aromatic heterocycles. The molecule has 128 valence electrons. The predicted molar refractivity (Wildman–Crippen MR) is 82.0 cm³/mol. The fourth-order valence-corrected chi connectivity index (χ4v) is 3.86. The van der Waals surface area contributed by atoms with E-state index in [1.165, 1.54) is 6.07 Å². The number of benzene rings is 1. The molecule has 0 saturated carbocycles. The van der Waals surface area contributed by atoms with Crippen LogP contribution in [0.5, 0.6) is 0 Å². The Labute approximate surface area is 134 Å². The molecule has 3 unspecified atom stereocenters. The zero-order valence-electron chi connectivity index (χ0n) is 13.0. The van der Waals surface area contributed by atoms with Crippen molar-refractivity contribution in [3.8, 4) is 0 Å². The summed E-state index contributed by atoms with van der Waals surface area (Å²) >= 11 is 0. The van der Waals surface area contributed by atoms with Crippen LogP contribution in [0.2, 0.25) is 0 Å². The number of aliphatic hydroxyl groups excluding tert-OH is 1. The maximum atomic E-state index is 13.3. The summed E-state index contributed by atoms with van der Waals surface area (Å²) in [4.78, 5) is 2.03. The third-order valence-corrected chi connectivity index (χ3v) is 4.90. The molecule has 3 atom stereocenters. The first-order valence-corrected chi connectivity index (χ1v) is 8.24. The first-order chi connectivity index (χ1) is 10.9. The zero-order chi connectivity index (χ0) is 16.4. The van der Waals surface area contributed by atoms with E-state index in [2.05, 4.69) is 5.32 Å². The molecule has 2 aliphatic rings. The molecule has 2 heterocycles. The van der Waals surface area contributed by atoms with Crippen LogP contribution in [0.15, 0.2) is 24.3 Å². The van der Waals surface area contributed by atoms with E-state index >= 15 is 0 Å². The minimum Gasteiger partial charge on any atom is -0.392 e. The van der Waals surface area contributed by atoms with Gasteiger partial charge >= 0.3 is 6.18 Å². The fraction of sp³-hybridized carbons (Fsp3) is 0.647. The van der Waals surface area contributed by atoms with Gasteiger partial charge in [-0.1, -0.05) is 18.2 Å². The van der Waals surface area contributed by atoms with Crippen molar-refractivity contribution in [3.05, 3.63) is 35.4 Å². The van der Waals surface area contributed by atoms with Gasteiger partial charge in [0.1, 0.15) is 0 Å². The summed E-state index contributed by atoms with van der Waals surface area (Å²) < 4.78 is 39.9. The number of likely N-dealkylation sites (tertiary alicyclic amines) is 1. The van der Waals surface area contributed by atoms with Crippen molar-refractivity contribution in [1.29, 1.82) is 0 Å². The summed E-state index contributed by atoms with van der Waals surface area (Å²) in [6.45, 7) is 3.11. The Morgan fingerprint density at radius 1 is 1.26 bits per heavy atom. The summed E-state index contributed by atoms with van der Waals surface area (Å²) in [6, 6.07) is 5.41. The van der Waals surface area contributed by atoms with Crippen LogP contribution < -0.4 is 5.32 Å². The van der Waals surface area contributed by atoms with Crippen molar-refractivity contribution >= 4 is 0 Å². The molecule has 2 fully saturated rings. The second-order valence-corrected chi connectivity index (χ2v) is 6.66. The van der Waals surface area contributed by atoms with Gasteiger partial charge in [0.25, 0.3) is 0 Å². The molecule has 2 saturated heterocycles. The molecule has 1 aromatic rings. The monoisotopic (exact) mass is 328 g/mol. The molecule has 0 spiro atoms. The first-order valence-electron chi connectivity index (χ1n) is 8.24. The number of β-amino-alcohol motifs (C(OH)–C–C–N with tert-alkyl or cyclic N) is 1. The lowest BCUT2D eigenvalue weighted by atomic mass is 9.95. The Hall–Kier alpha value is -1.11. The van der Waals surface area contributed by atoms with Crippen LogP contribution in [-0.2, 0) is 6.18 Å². The van der Waals surface area contributed by atoms with Gasteiger partial charge in [-0.05, 0) is 49.9 Å². The number of halogens is 3. The van der Waals surface area contributed by atoms with Gasteiger partial charge in [-0.15, -0.1) is 0 Å². The first kappa shape index (κ1) is 16.7. The lowest BCUT2D eigenvalue weighted by molar-refractivity contribution is -0.138. The standard InChI is InChI=1S/C17H23F3N2O/c18-17(19,20)15-6-2-1-5-14(15)16-8-13(23)11-22(16)10-12-4-3-7-21-9-12/h1-2,5-6,12-13,16,21,23H,3-4,7-11H2.